The number of aromatic nitrogens is 2. The third kappa shape index (κ3) is 7.77. The molecule has 8 aromatic rings. The number of rotatable bonds is 6. The van der Waals surface area contributed by atoms with Crippen LogP contribution in [0.2, 0.25) is 19.6 Å². The van der Waals surface area contributed by atoms with Gasteiger partial charge in [-0.1, -0.05) is 123 Å². The van der Waals surface area contributed by atoms with E-state index in [1.54, 1.807) is 0 Å². The van der Waals surface area contributed by atoms with Crippen molar-refractivity contribution >= 4 is 44.8 Å². The first-order valence-electron chi connectivity index (χ1n) is 16.7. The van der Waals surface area contributed by atoms with Crippen LogP contribution in [0, 0.1) is 12.1 Å². The smallest absolute Gasteiger partial charge is 0.0795 e. The minimum absolute atomic E-state index is 0. The van der Waals surface area contributed by atoms with Gasteiger partial charge in [0.25, 0.3) is 0 Å². The molecule has 1 atom stereocenters. The van der Waals surface area contributed by atoms with E-state index in [0.29, 0.717) is 5.92 Å². The van der Waals surface area contributed by atoms with E-state index >= 15 is 0 Å². The van der Waals surface area contributed by atoms with Gasteiger partial charge in [-0.15, -0.1) is 59.7 Å². The Labute approximate surface area is 314 Å². The van der Waals surface area contributed by atoms with Gasteiger partial charge in [0.2, 0.25) is 0 Å². The van der Waals surface area contributed by atoms with E-state index in [0.717, 1.165) is 22.5 Å². The Morgan fingerprint density at radius 2 is 1.40 bits per heavy atom. The van der Waals surface area contributed by atoms with Crippen LogP contribution in [-0.4, -0.2) is 18.0 Å². The van der Waals surface area contributed by atoms with Crippen LogP contribution in [0.1, 0.15) is 24.0 Å². The molecule has 1 unspecified atom stereocenters. The van der Waals surface area contributed by atoms with E-state index < -0.39 is 8.07 Å². The van der Waals surface area contributed by atoms with Crippen molar-refractivity contribution in [2.24, 2.45) is 0 Å². The van der Waals surface area contributed by atoms with Crippen molar-refractivity contribution in [2.45, 2.75) is 32.5 Å². The number of hydrogen-bond acceptors (Lipinski definition) is 3. The van der Waals surface area contributed by atoms with Gasteiger partial charge in [0.1, 0.15) is 0 Å². The van der Waals surface area contributed by atoms with Crippen molar-refractivity contribution < 1.29 is 20.1 Å². The maximum Gasteiger partial charge on any atom is 0.0795 e. The summed E-state index contributed by atoms with van der Waals surface area (Å²) < 4.78 is 2.57. The van der Waals surface area contributed by atoms with Crippen molar-refractivity contribution in [3.05, 3.63) is 175 Å². The number of benzene rings is 5. The van der Waals surface area contributed by atoms with E-state index in [1.165, 1.54) is 47.6 Å². The Hall–Kier alpha value is -4.51. The molecule has 50 heavy (non-hydrogen) atoms. The first-order chi connectivity index (χ1) is 23.8. The van der Waals surface area contributed by atoms with Gasteiger partial charge in [0, 0.05) is 43.1 Å². The monoisotopic (exact) mass is 859 g/mol. The molecule has 0 bridgehead atoms. The molecule has 0 aliphatic heterocycles. The zero-order chi connectivity index (χ0) is 33.8. The van der Waals surface area contributed by atoms with Crippen LogP contribution in [0.15, 0.2) is 152 Å². The summed E-state index contributed by atoms with van der Waals surface area (Å²) >= 11 is 1.84. The van der Waals surface area contributed by atoms with Crippen molar-refractivity contribution in [1.82, 2.24) is 9.97 Å². The van der Waals surface area contributed by atoms with E-state index in [1.807, 2.05) is 48.0 Å². The van der Waals surface area contributed by atoms with Gasteiger partial charge in [0.05, 0.1) is 8.07 Å². The van der Waals surface area contributed by atoms with Crippen molar-refractivity contribution in [1.29, 1.82) is 0 Å². The zero-order valence-electron chi connectivity index (χ0n) is 28.6. The second kappa shape index (κ2) is 15.6. The molecule has 5 heteroatoms. The Balaban J connectivity index is 0.000000215. The van der Waals surface area contributed by atoms with E-state index in [2.05, 4.69) is 164 Å². The van der Waals surface area contributed by atoms with E-state index in [-0.39, 0.29) is 20.1 Å². The summed E-state index contributed by atoms with van der Waals surface area (Å²) in [5.74, 6) is 0.314. The van der Waals surface area contributed by atoms with Crippen LogP contribution in [-0.2, 0) is 20.1 Å². The largest absolute Gasteiger partial charge is 0.305 e. The number of pyridine rings is 2. The molecule has 0 aliphatic rings. The van der Waals surface area contributed by atoms with Crippen LogP contribution in [0.25, 0.3) is 53.8 Å². The molecule has 3 aromatic heterocycles. The average molecular weight is 859 g/mol. The second-order valence-corrected chi connectivity index (χ2v) is 19.5. The fourth-order valence-electron chi connectivity index (χ4n) is 6.12. The number of hydrogen-bond donors (Lipinski definition) is 0. The minimum atomic E-state index is -1.23. The molecule has 0 saturated carbocycles. The summed E-state index contributed by atoms with van der Waals surface area (Å²) in [5, 5.41) is 3.96. The summed E-state index contributed by atoms with van der Waals surface area (Å²) in [7, 11) is -1.23. The van der Waals surface area contributed by atoms with Gasteiger partial charge in [-0.3, -0.25) is 0 Å². The van der Waals surface area contributed by atoms with Gasteiger partial charge in [-0.2, -0.15) is 11.3 Å². The molecule has 249 valence electrons. The van der Waals surface area contributed by atoms with Crippen LogP contribution in [0.5, 0.6) is 0 Å². The normalized spacial score (nSPS) is 11.8. The molecular weight excluding hydrogens is 821 g/mol. The first kappa shape index (κ1) is 35.3. The summed E-state index contributed by atoms with van der Waals surface area (Å²) in [6, 6.07) is 55.5. The molecule has 0 saturated heterocycles. The van der Waals surface area contributed by atoms with Crippen molar-refractivity contribution in [3.8, 4) is 33.6 Å². The molecule has 8 rings (SSSR count). The minimum Gasteiger partial charge on any atom is -0.305 e. The van der Waals surface area contributed by atoms with Gasteiger partial charge < -0.3 is 9.97 Å². The maximum atomic E-state index is 4.68. The second-order valence-electron chi connectivity index (χ2n) is 13.3. The fraction of sp³-hybridized carbons (Fsp3) is 0.111. The van der Waals surface area contributed by atoms with E-state index in [9.17, 15) is 0 Å². The molecule has 0 spiro atoms. The molecule has 0 fully saturated rings. The summed E-state index contributed by atoms with van der Waals surface area (Å²) in [5.41, 5.74) is 9.17. The van der Waals surface area contributed by atoms with Gasteiger partial charge >= 0.3 is 0 Å². The van der Waals surface area contributed by atoms with Gasteiger partial charge in [-0.25, -0.2) is 0 Å². The van der Waals surface area contributed by atoms with Crippen molar-refractivity contribution in [3.63, 3.8) is 0 Å². The Morgan fingerprint density at radius 1 is 0.640 bits per heavy atom. The Bertz CT molecular complexity index is 2310. The quantitative estimate of drug-likeness (QED) is 0.123. The first-order valence-corrected chi connectivity index (χ1v) is 21.0. The molecule has 0 N–H and O–H groups in total. The Morgan fingerprint density at radius 3 is 2.10 bits per heavy atom. The fourth-order valence-corrected chi connectivity index (χ4v) is 8.31. The molecule has 0 amide bonds. The standard InChI is InChI=1S/C31H22NS.C14H16NSi.Ir/c1-21(22-9-4-2-5-10-22)24-17-18-32-28(19-24)25-15-16-27-30(20-25)33-29-14-8-13-26(31(27)29)23-11-6-3-7-12-23;1-16(2,3)13-9-10-14(15-11-13)12-7-5-4-6-8-12;/h2-14,16-21H,1H3;4-7,9-11H,1-3H3;/q2*-1;. The van der Waals surface area contributed by atoms with Crippen LogP contribution >= 0.6 is 11.3 Å². The molecular formula is C45H38IrN2SSi-2. The van der Waals surface area contributed by atoms with Gasteiger partial charge in [-0.05, 0) is 61.0 Å². The maximum absolute atomic E-state index is 4.68. The van der Waals surface area contributed by atoms with Crippen LogP contribution in [0.4, 0.5) is 0 Å². The number of thiophene rings is 1. The molecule has 1 radical (unpaired) electrons. The van der Waals surface area contributed by atoms with Gasteiger partial charge in [0.15, 0.2) is 0 Å². The third-order valence-electron chi connectivity index (χ3n) is 8.99. The molecule has 5 aromatic carbocycles. The summed E-state index contributed by atoms with van der Waals surface area (Å²) in [6.45, 7) is 9.24. The number of nitrogens with zero attached hydrogens (tertiary/aromatic N) is 2. The molecule has 3 heterocycles. The third-order valence-corrected chi connectivity index (χ3v) is 12.1. The Kier molecular flexibility index (Phi) is 11.0. The SMILES string of the molecule is CC(c1ccccc1)c1ccnc(-c2[c-]cc3c(c2)sc2cccc(-c4ccccc4)c23)c1.C[Si](C)(C)c1ccc(-c2[c-]cccc2)nc1.[Ir]. The van der Waals surface area contributed by atoms with Crippen LogP contribution < -0.4 is 5.19 Å². The predicted octanol–water partition coefficient (Wildman–Crippen LogP) is 11.8. The topological polar surface area (TPSA) is 25.8 Å². The van der Waals surface area contributed by atoms with E-state index in [4.69, 9.17) is 0 Å². The van der Waals surface area contributed by atoms with Crippen LogP contribution in [0.3, 0.4) is 0 Å². The predicted molar refractivity (Wildman–Crippen MR) is 212 cm³/mol. The summed E-state index contributed by atoms with van der Waals surface area (Å²) in [6.07, 6.45) is 3.93. The number of fused-ring (bicyclic) bond motifs is 3. The zero-order valence-corrected chi connectivity index (χ0v) is 32.9. The molecule has 2 nitrogen and oxygen atoms in total. The molecule has 0 aliphatic carbocycles. The summed E-state index contributed by atoms with van der Waals surface area (Å²) in [4.78, 5) is 9.20. The van der Waals surface area contributed by atoms with Crippen molar-refractivity contribution in [2.75, 3.05) is 0 Å². The average Bonchev–Trinajstić information content (AvgIpc) is 3.54.